The Morgan fingerprint density at radius 3 is 2.71 bits per heavy atom. The molecule has 3 heteroatoms. The second-order valence-corrected chi connectivity index (χ2v) is 3.74. The Labute approximate surface area is 85.0 Å². The Balaban J connectivity index is 2.34. The predicted octanol–water partition coefficient (Wildman–Crippen LogP) is 2.35. The summed E-state index contributed by atoms with van der Waals surface area (Å²) in [6, 6.07) is 0. The van der Waals surface area contributed by atoms with Gasteiger partial charge >= 0.3 is 0 Å². The molecule has 1 aliphatic rings. The van der Waals surface area contributed by atoms with Gasteiger partial charge in [-0.2, -0.15) is 0 Å². The van der Waals surface area contributed by atoms with Gasteiger partial charge in [0.2, 0.25) is 0 Å². The van der Waals surface area contributed by atoms with Crippen LogP contribution in [-0.2, 0) is 6.42 Å². The molecular weight excluding hydrogens is 174 g/mol. The summed E-state index contributed by atoms with van der Waals surface area (Å²) < 4.78 is 0. The molecule has 1 aromatic heterocycles. The minimum atomic E-state index is 0.713. The quantitative estimate of drug-likeness (QED) is 0.793. The maximum atomic E-state index is 4.40. The number of hydrogen-bond acceptors (Lipinski definition) is 3. The van der Waals surface area contributed by atoms with Gasteiger partial charge in [-0.25, -0.2) is 9.97 Å². The second-order valence-electron chi connectivity index (χ2n) is 3.74. The fourth-order valence-electron chi connectivity index (χ4n) is 1.80. The average Bonchev–Trinajstić information content (AvgIpc) is 3.01. The molecule has 1 aliphatic carbocycles. The van der Waals surface area contributed by atoms with Crippen molar-refractivity contribution in [2.45, 2.75) is 39.0 Å². The molecule has 1 fully saturated rings. The third kappa shape index (κ3) is 1.72. The van der Waals surface area contributed by atoms with E-state index in [1.807, 2.05) is 0 Å². The Morgan fingerprint density at radius 1 is 1.36 bits per heavy atom. The highest BCUT2D eigenvalue weighted by Crippen LogP contribution is 2.41. The van der Waals surface area contributed by atoms with Gasteiger partial charge in [0.05, 0.1) is 5.69 Å². The summed E-state index contributed by atoms with van der Waals surface area (Å²) in [7, 11) is 0. The zero-order chi connectivity index (χ0) is 9.97. The van der Waals surface area contributed by atoms with Crippen LogP contribution < -0.4 is 5.32 Å². The van der Waals surface area contributed by atoms with Crippen molar-refractivity contribution < 1.29 is 0 Å². The lowest BCUT2D eigenvalue weighted by molar-refractivity contribution is 0.917. The van der Waals surface area contributed by atoms with E-state index < -0.39 is 0 Å². The van der Waals surface area contributed by atoms with E-state index in [1.165, 1.54) is 24.1 Å². The molecule has 0 saturated heterocycles. The van der Waals surface area contributed by atoms with Gasteiger partial charge in [-0.05, 0) is 26.2 Å². The lowest BCUT2D eigenvalue weighted by atomic mass is 10.1. The van der Waals surface area contributed by atoms with Crippen LogP contribution in [0.3, 0.4) is 0 Å². The fraction of sp³-hybridized carbons (Fsp3) is 0.636. The Bertz CT molecular complexity index is 318. The third-order valence-corrected chi connectivity index (χ3v) is 2.64. The number of hydrogen-bond donors (Lipinski definition) is 1. The van der Waals surface area contributed by atoms with Crippen LogP contribution in [0, 0.1) is 0 Å². The molecule has 0 amide bonds. The first-order valence-corrected chi connectivity index (χ1v) is 5.44. The van der Waals surface area contributed by atoms with E-state index in [0.29, 0.717) is 5.92 Å². The van der Waals surface area contributed by atoms with Crippen LogP contribution in [-0.4, -0.2) is 16.5 Å². The summed E-state index contributed by atoms with van der Waals surface area (Å²) in [5.41, 5.74) is 2.59. The van der Waals surface area contributed by atoms with E-state index >= 15 is 0 Å². The lowest BCUT2D eigenvalue weighted by Crippen LogP contribution is -2.07. The molecule has 1 heterocycles. The Morgan fingerprint density at radius 2 is 2.14 bits per heavy atom. The van der Waals surface area contributed by atoms with Gasteiger partial charge in [0, 0.05) is 18.0 Å². The summed E-state index contributed by atoms with van der Waals surface area (Å²) in [5, 5.41) is 3.30. The van der Waals surface area contributed by atoms with Crippen LogP contribution in [0.1, 0.15) is 43.9 Å². The highest BCUT2D eigenvalue weighted by Gasteiger charge is 2.28. The molecule has 0 atom stereocenters. The first-order valence-electron chi connectivity index (χ1n) is 5.44. The van der Waals surface area contributed by atoms with Crippen LogP contribution >= 0.6 is 0 Å². The van der Waals surface area contributed by atoms with E-state index in [0.717, 1.165) is 18.8 Å². The minimum Gasteiger partial charge on any atom is -0.370 e. The largest absolute Gasteiger partial charge is 0.370 e. The number of rotatable bonds is 4. The number of nitrogens with one attached hydrogen (secondary N) is 1. The molecule has 2 rings (SSSR count). The molecule has 0 radical (unpaired) electrons. The highest BCUT2D eigenvalue weighted by atomic mass is 15.0. The SMILES string of the molecule is CCNc1ncnc(C2CC2)c1CC. The Hall–Kier alpha value is -1.12. The van der Waals surface area contributed by atoms with Crippen LogP contribution in [0.4, 0.5) is 5.82 Å². The van der Waals surface area contributed by atoms with Crippen molar-refractivity contribution in [3.8, 4) is 0 Å². The van der Waals surface area contributed by atoms with Gasteiger partial charge in [-0.3, -0.25) is 0 Å². The molecule has 3 nitrogen and oxygen atoms in total. The molecule has 0 spiro atoms. The minimum absolute atomic E-state index is 0.713. The summed E-state index contributed by atoms with van der Waals surface area (Å²) in [6.07, 6.45) is 5.31. The normalized spacial score (nSPS) is 15.6. The second kappa shape index (κ2) is 3.95. The molecule has 76 valence electrons. The first-order chi connectivity index (χ1) is 6.86. The van der Waals surface area contributed by atoms with Crippen LogP contribution in [0.5, 0.6) is 0 Å². The van der Waals surface area contributed by atoms with E-state index in [9.17, 15) is 0 Å². The summed E-state index contributed by atoms with van der Waals surface area (Å²) >= 11 is 0. The monoisotopic (exact) mass is 191 g/mol. The van der Waals surface area contributed by atoms with Crippen LogP contribution in [0.2, 0.25) is 0 Å². The number of aromatic nitrogens is 2. The maximum Gasteiger partial charge on any atom is 0.132 e. The average molecular weight is 191 g/mol. The maximum absolute atomic E-state index is 4.40. The van der Waals surface area contributed by atoms with Crippen LogP contribution in [0.25, 0.3) is 0 Å². The smallest absolute Gasteiger partial charge is 0.132 e. The zero-order valence-electron chi connectivity index (χ0n) is 8.88. The van der Waals surface area contributed by atoms with E-state index in [2.05, 4.69) is 29.1 Å². The summed E-state index contributed by atoms with van der Waals surface area (Å²) in [4.78, 5) is 8.69. The third-order valence-electron chi connectivity index (χ3n) is 2.64. The van der Waals surface area contributed by atoms with Crippen molar-refractivity contribution in [2.24, 2.45) is 0 Å². The molecule has 0 aliphatic heterocycles. The Kier molecular flexibility index (Phi) is 2.66. The van der Waals surface area contributed by atoms with Gasteiger partial charge in [0.1, 0.15) is 12.1 Å². The topological polar surface area (TPSA) is 37.8 Å². The number of anilines is 1. The molecule has 1 N–H and O–H groups in total. The van der Waals surface area contributed by atoms with E-state index in [4.69, 9.17) is 0 Å². The van der Waals surface area contributed by atoms with Crippen LogP contribution in [0.15, 0.2) is 6.33 Å². The van der Waals surface area contributed by atoms with Gasteiger partial charge < -0.3 is 5.32 Å². The zero-order valence-corrected chi connectivity index (χ0v) is 8.88. The lowest BCUT2D eigenvalue weighted by Gasteiger charge is -2.11. The van der Waals surface area contributed by atoms with Crippen molar-refractivity contribution in [3.63, 3.8) is 0 Å². The fourth-order valence-corrected chi connectivity index (χ4v) is 1.80. The summed E-state index contributed by atoms with van der Waals surface area (Å²) in [6.45, 7) is 5.19. The van der Waals surface area contributed by atoms with Crippen molar-refractivity contribution in [3.05, 3.63) is 17.6 Å². The standard InChI is InChI=1S/C11H17N3/c1-3-9-10(8-5-6-8)13-7-14-11(9)12-4-2/h7-8H,3-6H2,1-2H3,(H,12,13,14). The summed E-state index contributed by atoms with van der Waals surface area (Å²) in [5.74, 6) is 1.75. The molecule has 1 aromatic rings. The molecule has 0 aromatic carbocycles. The van der Waals surface area contributed by atoms with Gasteiger partial charge in [0.15, 0.2) is 0 Å². The van der Waals surface area contributed by atoms with Crippen molar-refractivity contribution in [2.75, 3.05) is 11.9 Å². The molecule has 0 unspecified atom stereocenters. The van der Waals surface area contributed by atoms with Crippen molar-refractivity contribution in [1.82, 2.24) is 9.97 Å². The molecule has 0 bridgehead atoms. The predicted molar refractivity (Wildman–Crippen MR) is 57.5 cm³/mol. The van der Waals surface area contributed by atoms with Gasteiger partial charge in [0.25, 0.3) is 0 Å². The van der Waals surface area contributed by atoms with Gasteiger partial charge in [-0.1, -0.05) is 6.92 Å². The van der Waals surface area contributed by atoms with Crippen molar-refractivity contribution in [1.29, 1.82) is 0 Å². The van der Waals surface area contributed by atoms with Crippen molar-refractivity contribution >= 4 is 5.82 Å². The molecule has 14 heavy (non-hydrogen) atoms. The first kappa shape index (κ1) is 9.44. The number of nitrogens with zero attached hydrogens (tertiary/aromatic N) is 2. The molecular formula is C11H17N3. The van der Waals surface area contributed by atoms with E-state index in [-0.39, 0.29) is 0 Å². The molecule has 1 saturated carbocycles. The highest BCUT2D eigenvalue weighted by molar-refractivity contribution is 5.47. The van der Waals surface area contributed by atoms with E-state index in [1.54, 1.807) is 6.33 Å². The van der Waals surface area contributed by atoms with Gasteiger partial charge in [-0.15, -0.1) is 0 Å².